The van der Waals surface area contributed by atoms with Gasteiger partial charge in [-0.25, -0.2) is 0 Å². The fraction of sp³-hybridized carbons (Fsp3) is 0.800. The molecule has 1 unspecified atom stereocenters. The second-order valence-corrected chi connectivity index (χ2v) is 4.71. The summed E-state index contributed by atoms with van der Waals surface area (Å²) in [6.45, 7) is 2.03. The smallest absolute Gasteiger partial charge is 0.213 e. The molecule has 0 aromatic carbocycles. The average Bonchev–Trinajstić information content (AvgIpc) is 2.16. The Hall–Kier alpha value is -0.0700. The third-order valence-corrected chi connectivity index (χ3v) is 3.40. The van der Waals surface area contributed by atoms with Crippen LogP contribution in [-0.2, 0) is 9.09 Å². The minimum atomic E-state index is -1.88. The highest BCUT2D eigenvalue weighted by Crippen LogP contribution is 2.32. The molecule has 0 N–H and O–H groups in total. The summed E-state index contributed by atoms with van der Waals surface area (Å²) in [5.41, 5.74) is 0. The molecule has 0 spiro atoms. The minimum absolute atomic E-state index is 0.265. The molecule has 13 heavy (non-hydrogen) atoms. The van der Waals surface area contributed by atoms with Gasteiger partial charge in [-0.2, -0.15) is 0 Å². The van der Waals surface area contributed by atoms with Gasteiger partial charge >= 0.3 is 0 Å². The largest absolute Gasteiger partial charge is 0.324 e. The molecule has 1 saturated carbocycles. The normalized spacial score (nSPS) is 22.2. The standard InChI is InChI=1S/C10H19O2P/c1-2-3-9-13(11)12-10-7-5-4-6-8-10/h3,9-10,13H,2,4-8H2,1H3. The maximum Gasteiger partial charge on any atom is 0.213 e. The van der Waals surface area contributed by atoms with Crippen molar-refractivity contribution in [2.45, 2.75) is 51.6 Å². The molecular formula is C10H19O2P. The minimum Gasteiger partial charge on any atom is -0.324 e. The van der Waals surface area contributed by atoms with Crippen LogP contribution in [0.3, 0.4) is 0 Å². The fourth-order valence-corrected chi connectivity index (χ4v) is 2.67. The molecule has 0 radical (unpaired) electrons. The van der Waals surface area contributed by atoms with Crippen LogP contribution in [0.15, 0.2) is 11.9 Å². The first-order valence-electron chi connectivity index (χ1n) is 5.20. The summed E-state index contributed by atoms with van der Waals surface area (Å²) in [6.07, 6.45) is 9.09. The molecule has 0 heterocycles. The van der Waals surface area contributed by atoms with E-state index in [9.17, 15) is 4.57 Å². The van der Waals surface area contributed by atoms with E-state index in [1.54, 1.807) is 5.82 Å². The van der Waals surface area contributed by atoms with Crippen molar-refractivity contribution in [1.82, 2.24) is 0 Å². The van der Waals surface area contributed by atoms with E-state index in [1.165, 1.54) is 19.3 Å². The zero-order chi connectivity index (χ0) is 9.52. The average molecular weight is 202 g/mol. The highest BCUT2D eigenvalue weighted by Gasteiger charge is 2.14. The number of hydrogen-bond donors (Lipinski definition) is 0. The van der Waals surface area contributed by atoms with Gasteiger partial charge in [0.1, 0.15) is 0 Å². The van der Waals surface area contributed by atoms with E-state index in [0.717, 1.165) is 19.3 Å². The molecule has 1 rings (SSSR count). The molecule has 0 aromatic heterocycles. The molecule has 0 bridgehead atoms. The van der Waals surface area contributed by atoms with E-state index in [2.05, 4.69) is 0 Å². The quantitative estimate of drug-likeness (QED) is 0.649. The van der Waals surface area contributed by atoms with Crippen LogP contribution in [0.2, 0.25) is 0 Å². The maximum absolute atomic E-state index is 11.3. The van der Waals surface area contributed by atoms with Crippen LogP contribution in [0.4, 0.5) is 0 Å². The third-order valence-electron chi connectivity index (χ3n) is 2.32. The van der Waals surface area contributed by atoms with Crippen LogP contribution >= 0.6 is 8.03 Å². The van der Waals surface area contributed by atoms with Gasteiger partial charge in [0.25, 0.3) is 0 Å². The molecule has 1 fully saturated rings. The molecule has 2 nitrogen and oxygen atoms in total. The Morgan fingerprint density at radius 1 is 1.38 bits per heavy atom. The first-order valence-corrected chi connectivity index (χ1v) is 6.59. The summed E-state index contributed by atoms with van der Waals surface area (Å²) < 4.78 is 16.8. The topological polar surface area (TPSA) is 26.3 Å². The zero-order valence-electron chi connectivity index (χ0n) is 8.29. The van der Waals surface area contributed by atoms with Gasteiger partial charge in [0, 0.05) is 0 Å². The molecule has 0 aliphatic heterocycles. The zero-order valence-corrected chi connectivity index (χ0v) is 9.29. The van der Waals surface area contributed by atoms with Gasteiger partial charge in [-0.15, -0.1) is 0 Å². The van der Waals surface area contributed by atoms with Crippen molar-refractivity contribution in [2.75, 3.05) is 0 Å². The second-order valence-electron chi connectivity index (χ2n) is 3.51. The predicted octanol–water partition coefficient (Wildman–Crippen LogP) is 3.73. The lowest BCUT2D eigenvalue weighted by atomic mass is 9.98. The van der Waals surface area contributed by atoms with Crippen molar-refractivity contribution >= 4 is 8.03 Å². The van der Waals surface area contributed by atoms with E-state index in [1.807, 2.05) is 13.0 Å². The van der Waals surface area contributed by atoms with Crippen molar-refractivity contribution in [1.29, 1.82) is 0 Å². The van der Waals surface area contributed by atoms with Gasteiger partial charge in [0.15, 0.2) is 0 Å². The summed E-state index contributed by atoms with van der Waals surface area (Å²) in [7, 11) is -1.88. The van der Waals surface area contributed by atoms with E-state index >= 15 is 0 Å². The third kappa shape index (κ3) is 4.64. The highest BCUT2D eigenvalue weighted by molar-refractivity contribution is 7.42. The summed E-state index contributed by atoms with van der Waals surface area (Å²) in [4.78, 5) is 0. The summed E-state index contributed by atoms with van der Waals surface area (Å²) >= 11 is 0. The Bertz CT molecular complexity index is 183. The maximum atomic E-state index is 11.3. The van der Waals surface area contributed by atoms with Crippen molar-refractivity contribution < 1.29 is 9.09 Å². The number of rotatable bonds is 4. The fourth-order valence-electron chi connectivity index (χ4n) is 1.60. The SMILES string of the molecule is CCC=C[PH](=O)OC1CCCCC1. The van der Waals surface area contributed by atoms with Crippen molar-refractivity contribution in [3.05, 3.63) is 11.9 Å². The van der Waals surface area contributed by atoms with Gasteiger partial charge in [0.2, 0.25) is 8.03 Å². The number of allylic oxidation sites excluding steroid dienone is 1. The molecule has 0 amide bonds. The lowest BCUT2D eigenvalue weighted by Crippen LogP contribution is -2.12. The van der Waals surface area contributed by atoms with Crippen molar-refractivity contribution in [3.63, 3.8) is 0 Å². The summed E-state index contributed by atoms with van der Waals surface area (Å²) in [5.74, 6) is 1.72. The molecule has 76 valence electrons. The van der Waals surface area contributed by atoms with E-state index in [-0.39, 0.29) is 6.10 Å². The molecular weight excluding hydrogens is 183 g/mol. The van der Waals surface area contributed by atoms with Crippen molar-refractivity contribution in [3.8, 4) is 0 Å². The van der Waals surface area contributed by atoms with Crippen LogP contribution < -0.4 is 0 Å². The Balaban J connectivity index is 2.22. The van der Waals surface area contributed by atoms with Gasteiger partial charge < -0.3 is 4.52 Å². The molecule has 0 saturated heterocycles. The molecule has 0 aromatic rings. The number of hydrogen-bond acceptors (Lipinski definition) is 2. The lowest BCUT2D eigenvalue weighted by molar-refractivity contribution is 0.168. The van der Waals surface area contributed by atoms with Gasteiger partial charge in [-0.05, 0) is 25.1 Å². The summed E-state index contributed by atoms with van der Waals surface area (Å²) in [5, 5.41) is 0. The molecule has 1 aliphatic carbocycles. The Labute approximate surface area is 81.2 Å². The van der Waals surface area contributed by atoms with Crippen molar-refractivity contribution in [2.24, 2.45) is 0 Å². The van der Waals surface area contributed by atoms with E-state index in [4.69, 9.17) is 4.52 Å². The first kappa shape index (κ1) is 11.0. The van der Waals surface area contributed by atoms with E-state index < -0.39 is 8.03 Å². The second kappa shape index (κ2) is 6.39. The van der Waals surface area contributed by atoms with Crippen LogP contribution in [0.25, 0.3) is 0 Å². The van der Waals surface area contributed by atoms with Crippen LogP contribution in [-0.4, -0.2) is 6.10 Å². The molecule has 1 aliphatic rings. The molecule has 1 atom stereocenters. The predicted molar refractivity (Wildman–Crippen MR) is 56.4 cm³/mol. The van der Waals surface area contributed by atoms with Gasteiger partial charge in [-0.3, -0.25) is 4.57 Å². The summed E-state index contributed by atoms with van der Waals surface area (Å²) in [6, 6.07) is 0. The van der Waals surface area contributed by atoms with E-state index in [0.29, 0.717) is 0 Å². The molecule has 3 heteroatoms. The van der Waals surface area contributed by atoms with Gasteiger partial charge in [0.05, 0.1) is 6.10 Å². The van der Waals surface area contributed by atoms with Gasteiger partial charge in [-0.1, -0.05) is 32.3 Å². The Morgan fingerprint density at radius 3 is 2.69 bits per heavy atom. The first-order chi connectivity index (χ1) is 6.33. The lowest BCUT2D eigenvalue weighted by Gasteiger charge is -2.20. The van der Waals surface area contributed by atoms with Crippen LogP contribution in [0.5, 0.6) is 0 Å². The van der Waals surface area contributed by atoms with Crippen LogP contribution in [0.1, 0.15) is 45.4 Å². The Kier molecular flexibility index (Phi) is 5.41. The van der Waals surface area contributed by atoms with Crippen LogP contribution in [0, 0.1) is 0 Å². The Morgan fingerprint density at radius 2 is 2.08 bits per heavy atom. The monoisotopic (exact) mass is 202 g/mol. The highest BCUT2D eigenvalue weighted by atomic mass is 31.1.